The van der Waals surface area contributed by atoms with Crippen molar-refractivity contribution in [2.75, 3.05) is 0 Å². The summed E-state index contributed by atoms with van der Waals surface area (Å²) in [6, 6.07) is 10.9. The van der Waals surface area contributed by atoms with Crippen LogP contribution in [0.15, 0.2) is 36.5 Å². The Morgan fingerprint density at radius 1 is 1.30 bits per heavy atom. The Bertz CT molecular complexity index is 550. The van der Waals surface area contributed by atoms with Crippen LogP contribution in [0.1, 0.15) is 36.2 Å². The van der Waals surface area contributed by atoms with Gasteiger partial charge in [0.15, 0.2) is 0 Å². The van der Waals surface area contributed by atoms with Crippen LogP contribution >= 0.6 is 0 Å². The van der Waals surface area contributed by atoms with Crippen LogP contribution in [0.4, 0.5) is 0 Å². The number of hydrazine groups is 1. The fraction of sp³-hybridized carbons (Fsp3) is 0.438. The van der Waals surface area contributed by atoms with Crippen molar-refractivity contribution in [1.29, 1.82) is 0 Å². The Balaban J connectivity index is 1.83. The van der Waals surface area contributed by atoms with E-state index in [2.05, 4.69) is 52.5 Å². The first-order valence-electron chi connectivity index (χ1n) is 7.38. The summed E-state index contributed by atoms with van der Waals surface area (Å²) in [5.41, 5.74) is 7.14. The molecule has 0 radical (unpaired) electrons. The van der Waals surface area contributed by atoms with E-state index in [4.69, 9.17) is 5.84 Å². The Morgan fingerprint density at radius 3 is 2.60 bits per heavy atom. The van der Waals surface area contributed by atoms with Gasteiger partial charge in [0.1, 0.15) is 0 Å². The zero-order valence-electron chi connectivity index (χ0n) is 11.9. The van der Waals surface area contributed by atoms with Crippen molar-refractivity contribution in [3.63, 3.8) is 0 Å². The summed E-state index contributed by atoms with van der Waals surface area (Å²) < 4.78 is 2.08. The molecule has 0 amide bonds. The first-order valence-corrected chi connectivity index (χ1v) is 7.38. The van der Waals surface area contributed by atoms with Crippen LogP contribution in [0.2, 0.25) is 0 Å². The maximum absolute atomic E-state index is 5.85. The second kappa shape index (κ2) is 5.77. The Morgan fingerprint density at radius 2 is 2.00 bits per heavy atom. The SMILES string of the molecule is CCCn1nccc1C(NN)C1Cc2ccccc2C1. The van der Waals surface area contributed by atoms with Crippen LogP contribution < -0.4 is 11.3 Å². The molecule has 1 atom stereocenters. The summed E-state index contributed by atoms with van der Waals surface area (Å²) in [7, 11) is 0. The predicted octanol–water partition coefficient (Wildman–Crippen LogP) is 2.21. The molecule has 2 aromatic rings. The highest BCUT2D eigenvalue weighted by molar-refractivity contribution is 5.33. The lowest BCUT2D eigenvalue weighted by atomic mass is 9.94. The third-order valence-electron chi connectivity index (χ3n) is 4.24. The monoisotopic (exact) mass is 270 g/mol. The lowest BCUT2D eigenvalue weighted by molar-refractivity contribution is 0.354. The highest BCUT2D eigenvalue weighted by atomic mass is 15.3. The van der Waals surface area contributed by atoms with E-state index < -0.39 is 0 Å². The maximum atomic E-state index is 5.85. The minimum Gasteiger partial charge on any atom is -0.271 e. The van der Waals surface area contributed by atoms with Crippen molar-refractivity contribution in [2.45, 2.75) is 38.8 Å². The van der Waals surface area contributed by atoms with Gasteiger partial charge in [-0.05, 0) is 42.4 Å². The van der Waals surface area contributed by atoms with Crippen LogP contribution in [0.3, 0.4) is 0 Å². The molecule has 3 N–H and O–H groups in total. The van der Waals surface area contributed by atoms with E-state index in [-0.39, 0.29) is 6.04 Å². The molecule has 0 aliphatic heterocycles. The zero-order valence-corrected chi connectivity index (χ0v) is 11.9. The summed E-state index contributed by atoms with van der Waals surface area (Å²) >= 11 is 0. The van der Waals surface area contributed by atoms with Crippen LogP contribution in [0.25, 0.3) is 0 Å². The molecule has 0 bridgehead atoms. The Hall–Kier alpha value is -1.65. The van der Waals surface area contributed by atoms with E-state index in [0.29, 0.717) is 5.92 Å². The van der Waals surface area contributed by atoms with Gasteiger partial charge in [0.2, 0.25) is 0 Å². The molecule has 0 fully saturated rings. The molecule has 4 heteroatoms. The standard InChI is InChI=1S/C16H22N4/c1-2-9-20-15(7-8-18-20)16(19-17)14-10-12-5-3-4-6-13(12)11-14/h3-8,14,16,19H,2,9-11,17H2,1H3. The number of aryl methyl sites for hydroxylation is 1. The van der Waals surface area contributed by atoms with Crippen molar-refractivity contribution in [2.24, 2.45) is 11.8 Å². The molecule has 1 aliphatic carbocycles. The lowest BCUT2D eigenvalue weighted by Gasteiger charge is -2.23. The first-order chi connectivity index (χ1) is 9.83. The topological polar surface area (TPSA) is 55.9 Å². The van der Waals surface area contributed by atoms with Gasteiger partial charge >= 0.3 is 0 Å². The fourth-order valence-electron chi connectivity index (χ4n) is 3.30. The molecule has 1 aromatic carbocycles. The van der Waals surface area contributed by atoms with Crippen molar-refractivity contribution in [3.8, 4) is 0 Å². The molecule has 3 rings (SSSR count). The molecule has 1 aromatic heterocycles. The smallest absolute Gasteiger partial charge is 0.0663 e. The highest BCUT2D eigenvalue weighted by Crippen LogP contribution is 2.34. The zero-order chi connectivity index (χ0) is 13.9. The number of benzene rings is 1. The Kier molecular flexibility index (Phi) is 3.85. The number of hydrogen-bond acceptors (Lipinski definition) is 3. The maximum Gasteiger partial charge on any atom is 0.0663 e. The van der Waals surface area contributed by atoms with Gasteiger partial charge in [-0.3, -0.25) is 16.0 Å². The molecular weight excluding hydrogens is 248 g/mol. The van der Waals surface area contributed by atoms with Crippen LogP contribution in [-0.2, 0) is 19.4 Å². The molecule has 20 heavy (non-hydrogen) atoms. The van der Waals surface area contributed by atoms with Crippen molar-refractivity contribution >= 4 is 0 Å². The number of nitrogens with one attached hydrogen (secondary N) is 1. The van der Waals surface area contributed by atoms with E-state index in [1.54, 1.807) is 0 Å². The molecule has 1 heterocycles. The van der Waals surface area contributed by atoms with Crippen molar-refractivity contribution in [3.05, 3.63) is 53.3 Å². The number of rotatable bonds is 5. The van der Waals surface area contributed by atoms with Gasteiger partial charge in [0.25, 0.3) is 0 Å². The van der Waals surface area contributed by atoms with Gasteiger partial charge in [0.05, 0.1) is 11.7 Å². The second-order valence-electron chi connectivity index (χ2n) is 5.56. The van der Waals surface area contributed by atoms with Gasteiger partial charge in [0, 0.05) is 12.7 Å². The third kappa shape index (κ3) is 2.37. The number of fused-ring (bicyclic) bond motifs is 1. The van der Waals surface area contributed by atoms with Gasteiger partial charge < -0.3 is 0 Å². The largest absolute Gasteiger partial charge is 0.271 e. The molecule has 106 valence electrons. The molecular formula is C16H22N4. The predicted molar refractivity (Wildman–Crippen MR) is 79.9 cm³/mol. The van der Waals surface area contributed by atoms with E-state index in [0.717, 1.165) is 25.8 Å². The van der Waals surface area contributed by atoms with Gasteiger partial charge in [-0.15, -0.1) is 0 Å². The molecule has 0 saturated carbocycles. The summed E-state index contributed by atoms with van der Waals surface area (Å²) in [4.78, 5) is 0. The van der Waals surface area contributed by atoms with Crippen LogP contribution in [0.5, 0.6) is 0 Å². The fourth-order valence-corrected chi connectivity index (χ4v) is 3.30. The van der Waals surface area contributed by atoms with E-state index in [9.17, 15) is 0 Å². The summed E-state index contributed by atoms with van der Waals surface area (Å²) in [5, 5.41) is 4.42. The molecule has 0 saturated heterocycles. The number of nitrogens with zero attached hydrogens (tertiary/aromatic N) is 2. The highest BCUT2D eigenvalue weighted by Gasteiger charge is 2.30. The molecule has 1 unspecified atom stereocenters. The number of nitrogens with two attached hydrogens (primary N) is 1. The molecule has 4 nitrogen and oxygen atoms in total. The Labute approximate surface area is 120 Å². The van der Waals surface area contributed by atoms with E-state index >= 15 is 0 Å². The normalized spacial score (nSPS) is 16.3. The van der Waals surface area contributed by atoms with Crippen LogP contribution in [0, 0.1) is 5.92 Å². The first kappa shape index (κ1) is 13.3. The van der Waals surface area contributed by atoms with Crippen molar-refractivity contribution in [1.82, 2.24) is 15.2 Å². The average molecular weight is 270 g/mol. The summed E-state index contributed by atoms with van der Waals surface area (Å²) in [6.45, 7) is 3.11. The van der Waals surface area contributed by atoms with Gasteiger partial charge in [-0.25, -0.2) is 0 Å². The summed E-state index contributed by atoms with van der Waals surface area (Å²) in [5.74, 6) is 6.36. The number of aromatic nitrogens is 2. The van der Waals surface area contributed by atoms with Gasteiger partial charge in [-0.1, -0.05) is 31.2 Å². The third-order valence-corrected chi connectivity index (χ3v) is 4.24. The summed E-state index contributed by atoms with van der Waals surface area (Å²) in [6.07, 6.45) is 5.12. The second-order valence-corrected chi connectivity index (χ2v) is 5.56. The average Bonchev–Trinajstić information content (AvgIpc) is 3.07. The lowest BCUT2D eigenvalue weighted by Crippen LogP contribution is -2.35. The van der Waals surface area contributed by atoms with Crippen LogP contribution in [-0.4, -0.2) is 9.78 Å². The minimum atomic E-state index is 0.163. The van der Waals surface area contributed by atoms with E-state index in [1.165, 1.54) is 16.8 Å². The van der Waals surface area contributed by atoms with Crippen molar-refractivity contribution < 1.29 is 0 Å². The van der Waals surface area contributed by atoms with E-state index in [1.807, 2.05) is 6.20 Å². The van der Waals surface area contributed by atoms with Gasteiger partial charge in [-0.2, -0.15) is 5.10 Å². The minimum absolute atomic E-state index is 0.163. The quantitative estimate of drug-likeness (QED) is 0.647. The molecule has 0 spiro atoms. The number of hydrogen-bond donors (Lipinski definition) is 2. The molecule has 1 aliphatic rings.